The van der Waals surface area contributed by atoms with Crippen LogP contribution in [0.2, 0.25) is 0 Å². The molecular weight excluding hydrogens is 400 g/mol. The second kappa shape index (κ2) is 10.1. The van der Waals surface area contributed by atoms with Crippen LogP contribution < -0.4 is 9.64 Å². The van der Waals surface area contributed by atoms with Crippen LogP contribution in [0.5, 0.6) is 5.75 Å². The Morgan fingerprint density at radius 2 is 2.03 bits per heavy atom. The van der Waals surface area contributed by atoms with Gasteiger partial charge in [0.2, 0.25) is 0 Å². The largest absolute Gasteiger partial charge is 0.478 e. The van der Waals surface area contributed by atoms with Crippen molar-refractivity contribution in [2.75, 3.05) is 18.1 Å². The number of aryl methyl sites for hydroxylation is 2. The fraction of sp³-hybridized carbons (Fsp3) is 0.522. The minimum Gasteiger partial charge on any atom is -0.478 e. The fourth-order valence-electron chi connectivity index (χ4n) is 3.58. The number of nitrogens with zero attached hydrogens (tertiary/aromatic N) is 2. The molecule has 1 aromatic heterocycles. The number of thiazole rings is 1. The van der Waals surface area contributed by atoms with Crippen LogP contribution in [0.1, 0.15) is 55.8 Å². The molecule has 0 N–H and O–H groups in total. The number of carbonyl (C=O) groups is 2. The molecule has 2 heterocycles. The number of esters is 1. The normalized spacial score (nSPS) is 15.7. The van der Waals surface area contributed by atoms with Gasteiger partial charge in [-0.3, -0.25) is 14.5 Å². The summed E-state index contributed by atoms with van der Waals surface area (Å²) in [5, 5.41) is 0.988. The first-order valence-electron chi connectivity index (χ1n) is 10.7. The highest BCUT2D eigenvalue weighted by atomic mass is 32.1. The molecule has 0 spiro atoms. The summed E-state index contributed by atoms with van der Waals surface area (Å²) in [5.41, 5.74) is 2.39. The summed E-state index contributed by atoms with van der Waals surface area (Å²) in [6.45, 7) is 8.31. The van der Waals surface area contributed by atoms with E-state index >= 15 is 0 Å². The molecular formula is C23H30N2O4S. The van der Waals surface area contributed by atoms with Gasteiger partial charge in [0.15, 0.2) is 6.10 Å². The molecule has 0 aliphatic carbocycles. The van der Waals surface area contributed by atoms with Crippen LogP contribution in [-0.4, -0.2) is 36.1 Å². The molecule has 0 radical (unpaired) electrons. The van der Waals surface area contributed by atoms with Gasteiger partial charge in [-0.15, -0.1) is 11.3 Å². The number of rotatable bonds is 9. The second-order valence-electron chi connectivity index (χ2n) is 7.54. The molecule has 1 aliphatic rings. The zero-order valence-electron chi connectivity index (χ0n) is 18.2. The lowest BCUT2D eigenvalue weighted by molar-refractivity contribution is -0.143. The van der Waals surface area contributed by atoms with Crippen molar-refractivity contribution >= 4 is 28.9 Å². The first-order chi connectivity index (χ1) is 14.4. The first kappa shape index (κ1) is 22.3. The monoisotopic (exact) mass is 430 g/mol. The predicted octanol–water partition coefficient (Wildman–Crippen LogP) is 5.05. The standard InChI is InChI=1S/C23H30N2O4S/c1-5-7-8-9-12-28-21(26)14-25-18-13-17(22-15(3)30-16(4)24-22)10-11-20(18)29-19(6-2)23(25)27/h10-11,13,19H,5-9,12,14H2,1-4H3. The van der Waals surface area contributed by atoms with Crippen molar-refractivity contribution in [3.05, 3.63) is 28.1 Å². The van der Waals surface area contributed by atoms with Crippen molar-refractivity contribution in [1.29, 1.82) is 0 Å². The zero-order chi connectivity index (χ0) is 21.7. The minimum atomic E-state index is -0.594. The Hall–Kier alpha value is -2.41. The molecule has 0 saturated carbocycles. The Labute approximate surface area is 182 Å². The topological polar surface area (TPSA) is 68.7 Å². The molecule has 0 fully saturated rings. The van der Waals surface area contributed by atoms with Gasteiger partial charge in [-0.05, 0) is 44.9 Å². The van der Waals surface area contributed by atoms with Crippen LogP contribution in [0.25, 0.3) is 11.3 Å². The molecule has 7 heteroatoms. The number of hydrogen-bond donors (Lipinski definition) is 0. The van der Waals surface area contributed by atoms with Gasteiger partial charge in [-0.25, -0.2) is 4.98 Å². The van der Waals surface area contributed by atoms with E-state index in [0.717, 1.165) is 46.8 Å². The molecule has 0 bridgehead atoms. The molecule has 2 aromatic rings. The number of unbranched alkanes of at least 4 members (excludes halogenated alkanes) is 3. The highest BCUT2D eigenvalue weighted by Gasteiger charge is 2.35. The molecule has 1 atom stereocenters. The number of benzene rings is 1. The summed E-state index contributed by atoms with van der Waals surface area (Å²) < 4.78 is 11.3. The number of hydrogen-bond acceptors (Lipinski definition) is 6. The fourth-order valence-corrected chi connectivity index (χ4v) is 4.42. The molecule has 30 heavy (non-hydrogen) atoms. The highest BCUT2D eigenvalue weighted by molar-refractivity contribution is 7.11. The summed E-state index contributed by atoms with van der Waals surface area (Å²) in [7, 11) is 0. The van der Waals surface area contributed by atoms with E-state index in [0.29, 0.717) is 24.5 Å². The molecule has 0 saturated heterocycles. The van der Waals surface area contributed by atoms with Crippen LogP contribution in [0.15, 0.2) is 18.2 Å². The summed E-state index contributed by atoms with van der Waals surface area (Å²) in [6.07, 6.45) is 4.08. The van der Waals surface area contributed by atoms with Gasteiger partial charge in [-0.2, -0.15) is 0 Å². The average molecular weight is 431 g/mol. The minimum absolute atomic E-state index is 0.113. The van der Waals surface area contributed by atoms with Crippen molar-refractivity contribution in [3.63, 3.8) is 0 Å². The van der Waals surface area contributed by atoms with Crippen LogP contribution in [0.3, 0.4) is 0 Å². The summed E-state index contributed by atoms with van der Waals surface area (Å²) in [5.74, 6) is -0.00421. The molecule has 1 aromatic carbocycles. The lowest BCUT2D eigenvalue weighted by atomic mass is 10.1. The summed E-state index contributed by atoms with van der Waals surface area (Å²) >= 11 is 1.64. The average Bonchev–Trinajstić information content (AvgIpc) is 3.07. The van der Waals surface area contributed by atoms with Gasteiger partial charge in [0.05, 0.1) is 23.0 Å². The van der Waals surface area contributed by atoms with E-state index in [1.807, 2.05) is 39.0 Å². The number of carbonyl (C=O) groups excluding carboxylic acids is 2. The Morgan fingerprint density at radius 3 is 2.70 bits per heavy atom. The van der Waals surface area contributed by atoms with E-state index in [1.54, 1.807) is 11.3 Å². The van der Waals surface area contributed by atoms with Crippen molar-refractivity contribution in [2.45, 2.75) is 65.9 Å². The highest BCUT2D eigenvalue weighted by Crippen LogP contribution is 2.39. The van der Waals surface area contributed by atoms with E-state index in [4.69, 9.17) is 9.47 Å². The maximum Gasteiger partial charge on any atom is 0.326 e. The molecule has 3 rings (SSSR count). The van der Waals surface area contributed by atoms with E-state index in [2.05, 4.69) is 11.9 Å². The number of amides is 1. The van der Waals surface area contributed by atoms with Gasteiger partial charge >= 0.3 is 5.97 Å². The van der Waals surface area contributed by atoms with Gasteiger partial charge in [0.1, 0.15) is 12.3 Å². The van der Waals surface area contributed by atoms with Crippen LogP contribution >= 0.6 is 11.3 Å². The van der Waals surface area contributed by atoms with Gasteiger partial charge in [-0.1, -0.05) is 33.1 Å². The first-order valence-corrected chi connectivity index (χ1v) is 11.5. The smallest absolute Gasteiger partial charge is 0.326 e. The third-order valence-corrected chi connectivity index (χ3v) is 6.04. The Morgan fingerprint density at radius 1 is 1.23 bits per heavy atom. The number of ether oxygens (including phenoxy) is 2. The number of fused-ring (bicyclic) bond motifs is 1. The van der Waals surface area contributed by atoms with E-state index in [9.17, 15) is 9.59 Å². The lowest BCUT2D eigenvalue weighted by Crippen LogP contribution is -2.48. The molecule has 1 amide bonds. The van der Waals surface area contributed by atoms with E-state index < -0.39 is 12.1 Å². The molecule has 1 aliphatic heterocycles. The maximum atomic E-state index is 13.0. The SMILES string of the molecule is CCCCCCOC(=O)CN1C(=O)C(CC)Oc2ccc(-c3nc(C)sc3C)cc21. The third kappa shape index (κ3) is 5.01. The second-order valence-corrected chi connectivity index (χ2v) is 8.95. The molecule has 6 nitrogen and oxygen atoms in total. The van der Waals surface area contributed by atoms with Gasteiger partial charge in [0.25, 0.3) is 5.91 Å². The van der Waals surface area contributed by atoms with E-state index in [1.165, 1.54) is 4.90 Å². The number of aromatic nitrogens is 1. The predicted molar refractivity (Wildman–Crippen MR) is 119 cm³/mol. The van der Waals surface area contributed by atoms with Gasteiger partial charge in [0, 0.05) is 10.4 Å². The van der Waals surface area contributed by atoms with Crippen molar-refractivity contribution in [2.24, 2.45) is 0 Å². The van der Waals surface area contributed by atoms with Gasteiger partial charge < -0.3 is 9.47 Å². The summed E-state index contributed by atoms with van der Waals surface area (Å²) in [4.78, 5) is 32.6. The van der Waals surface area contributed by atoms with Crippen LogP contribution in [0, 0.1) is 13.8 Å². The quantitative estimate of drug-likeness (QED) is 0.411. The molecule has 162 valence electrons. The van der Waals surface area contributed by atoms with Crippen molar-refractivity contribution in [3.8, 4) is 17.0 Å². The van der Waals surface area contributed by atoms with Crippen LogP contribution in [-0.2, 0) is 14.3 Å². The van der Waals surface area contributed by atoms with Crippen molar-refractivity contribution < 1.29 is 19.1 Å². The molecule has 1 unspecified atom stereocenters. The Bertz CT molecular complexity index is 909. The Kier molecular flexibility index (Phi) is 7.48. The van der Waals surface area contributed by atoms with Crippen molar-refractivity contribution in [1.82, 2.24) is 4.98 Å². The zero-order valence-corrected chi connectivity index (χ0v) is 19.0. The van der Waals surface area contributed by atoms with E-state index in [-0.39, 0.29) is 12.5 Å². The van der Waals surface area contributed by atoms with Crippen LogP contribution in [0.4, 0.5) is 5.69 Å². The number of anilines is 1. The summed E-state index contributed by atoms with van der Waals surface area (Å²) in [6, 6.07) is 5.69. The Balaban J connectivity index is 1.82. The lowest BCUT2D eigenvalue weighted by Gasteiger charge is -2.33. The maximum absolute atomic E-state index is 13.0. The third-order valence-electron chi connectivity index (χ3n) is 5.16.